The summed E-state index contributed by atoms with van der Waals surface area (Å²) in [5.41, 5.74) is 1.93. The second-order valence-electron chi connectivity index (χ2n) is 8.49. The number of amides is 1. The second kappa shape index (κ2) is 8.67. The molecule has 6 nitrogen and oxygen atoms in total. The fourth-order valence-corrected chi connectivity index (χ4v) is 4.98. The van der Waals surface area contributed by atoms with Crippen LogP contribution in [0.5, 0.6) is 0 Å². The zero-order valence-corrected chi connectivity index (χ0v) is 17.5. The summed E-state index contributed by atoms with van der Waals surface area (Å²) in [7, 11) is 0. The van der Waals surface area contributed by atoms with E-state index in [4.69, 9.17) is 9.26 Å². The molecule has 0 bridgehead atoms. The molecule has 3 heterocycles. The third kappa shape index (κ3) is 4.38. The fraction of sp³-hybridized carbons (Fsp3) is 0.565. The molecule has 1 aromatic carbocycles. The number of aryl methyl sites for hydroxylation is 2. The van der Waals surface area contributed by atoms with E-state index in [0.29, 0.717) is 17.4 Å². The van der Waals surface area contributed by atoms with Gasteiger partial charge in [-0.2, -0.15) is 0 Å². The maximum atomic E-state index is 13.0. The maximum absolute atomic E-state index is 13.0. The molecule has 156 valence electrons. The molecule has 29 heavy (non-hydrogen) atoms. The van der Waals surface area contributed by atoms with Gasteiger partial charge in [0.1, 0.15) is 5.76 Å². The predicted octanol–water partition coefficient (Wildman–Crippen LogP) is 3.03. The normalized spacial score (nSPS) is 24.2. The van der Waals surface area contributed by atoms with E-state index >= 15 is 0 Å². The Kier molecular flexibility index (Phi) is 6.01. The molecular weight excluding hydrogens is 366 g/mol. The van der Waals surface area contributed by atoms with Crippen molar-refractivity contribution < 1.29 is 14.1 Å². The summed E-state index contributed by atoms with van der Waals surface area (Å²) in [6, 6.07) is 12.4. The summed E-state index contributed by atoms with van der Waals surface area (Å²) in [5.74, 6) is 1.16. The first kappa shape index (κ1) is 20.1. The first-order valence-corrected chi connectivity index (χ1v) is 10.7. The summed E-state index contributed by atoms with van der Waals surface area (Å²) < 4.78 is 10.7. The zero-order valence-electron chi connectivity index (χ0n) is 17.5. The molecule has 6 heteroatoms. The molecule has 2 fully saturated rings. The second-order valence-corrected chi connectivity index (χ2v) is 8.49. The van der Waals surface area contributed by atoms with Gasteiger partial charge >= 0.3 is 0 Å². The molecule has 0 spiro atoms. The van der Waals surface area contributed by atoms with Gasteiger partial charge in [0.25, 0.3) is 5.91 Å². The van der Waals surface area contributed by atoms with Gasteiger partial charge in [-0.15, -0.1) is 0 Å². The summed E-state index contributed by atoms with van der Waals surface area (Å²) in [6.07, 6.45) is 2.14. The Labute approximate surface area is 172 Å². The number of nitrogens with zero attached hydrogens (tertiary/aromatic N) is 3. The van der Waals surface area contributed by atoms with Crippen LogP contribution in [0.25, 0.3) is 0 Å². The highest BCUT2D eigenvalue weighted by Crippen LogP contribution is 2.46. The highest BCUT2D eigenvalue weighted by Gasteiger charge is 2.53. The minimum atomic E-state index is -0.00352. The van der Waals surface area contributed by atoms with E-state index in [0.717, 1.165) is 58.8 Å². The average Bonchev–Trinajstić information content (AvgIpc) is 3.39. The minimum Gasteiger partial charge on any atom is -0.380 e. The van der Waals surface area contributed by atoms with Crippen molar-refractivity contribution in [2.75, 3.05) is 45.9 Å². The minimum absolute atomic E-state index is 0.00352. The Morgan fingerprint density at radius 1 is 1.28 bits per heavy atom. The smallest absolute Gasteiger partial charge is 0.276 e. The van der Waals surface area contributed by atoms with Crippen molar-refractivity contribution in [3.8, 4) is 0 Å². The van der Waals surface area contributed by atoms with Crippen LogP contribution in [0, 0.1) is 18.3 Å². The van der Waals surface area contributed by atoms with Crippen molar-refractivity contribution in [2.24, 2.45) is 11.3 Å². The van der Waals surface area contributed by atoms with Crippen molar-refractivity contribution in [1.29, 1.82) is 0 Å². The standard InChI is InChI=1S/C23H31N3O3/c1-3-28-12-11-25-14-20-15-26(22(27)21-13-18(2)29-24-21)17-23(20,16-25)10-9-19-7-5-4-6-8-19/h4-8,13,20H,3,9-12,14-17H2,1-2H3. The molecule has 1 aromatic heterocycles. The van der Waals surface area contributed by atoms with Crippen LogP contribution in [-0.4, -0.2) is 66.8 Å². The topological polar surface area (TPSA) is 58.8 Å². The number of aromatic nitrogens is 1. The Hall–Kier alpha value is -2.18. The number of carbonyl (C=O) groups excluding carboxylic acids is 1. The molecule has 2 aromatic rings. The van der Waals surface area contributed by atoms with Gasteiger partial charge in [0, 0.05) is 50.8 Å². The lowest BCUT2D eigenvalue weighted by molar-refractivity contribution is 0.0733. The first-order chi connectivity index (χ1) is 14.1. The number of carbonyl (C=O) groups is 1. The van der Waals surface area contributed by atoms with E-state index < -0.39 is 0 Å². The number of hydrogen-bond donors (Lipinski definition) is 0. The summed E-state index contributed by atoms with van der Waals surface area (Å²) in [6.45, 7) is 10.0. The average molecular weight is 398 g/mol. The van der Waals surface area contributed by atoms with Crippen LogP contribution in [0.2, 0.25) is 0 Å². The van der Waals surface area contributed by atoms with Crippen molar-refractivity contribution in [3.05, 3.63) is 53.4 Å². The van der Waals surface area contributed by atoms with Crippen LogP contribution in [-0.2, 0) is 11.2 Å². The summed E-state index contributed by atoms with van der Waals surface area (Å²) >= 11 is 0. The molecular formula is C23H31N3O3. The lowest BCUT2D eigenvalue weighted by atomic mass is 9.76. The molecule has 0 aliphatic carbocycles. The summed E-state index contributed by atoms with van der Waals surface area (Å²) in [5, 5.41) is 3.94. The van der Waals surface area contributed by atoms with E-state index in [1.54, 1.807) is 6.07 Å². The number of fused-ring (bicyclic) bond motifs is 1. The van der Waals surface area contributed by atoms with Crippen LogP contribution in [0.1, 0.15) is 35.2 Å². The third-order valence-corrected chi connectivity index (χ3v) is 6.47. The molecule has 2 aliphatic heterocycles. The molecule has 2 aliphatic rings. The lowest BCUT2D eigenvalue weighted by Crippen LogP contribution is -2.38. The van der Waals surface area contributed by atoms with E-state index in [1.807, 2.05) is 18.7 Å². The molecule has 2 saturated heterocycles. The van der Waals surface area contributed by atoms with Gasteiger partial charge in [0.2, 0.25) is 0 Å². The number of likely N-dealkylation sites (tertiary alicyclic amines) is 2. The Bertz CT molecular complexity index is 822. The van der Waals surface area contributed by atoms with Gasteiger partial charge in [-0.1, -0.05) is 35.5 Å². The van der Waals surface area contributed by atoms with Gasteiger partial charge in [0.05, 0.1) is 6.61 Å². The largest absolute Gasteiger partial charge is 0.380 e. The van der Waals surface area contributed by atoms with E-state index in [-0.39, 0.29) is 11.3 Å². The Morgan fingerprint density at radius 2 is 2.10 bits per heavy atom. The van der Waals surface area contributed by atoms with Crippen molar-refractivity contribution in [1.82, 2.24) is 15.0 Å². The first-order valence-electron chi connectivity index (χ1n) is 10.7. The van der Waals surface area contributed by atoms with Gasteiger partial charge in [0.15, 0.2) is 5.69 Å². The molecule has 4 rings (SSSR count). The predicted molar refractivity (Wildman–Crippen MR) is 111 cm³/mol. The Balaban J connectivity index is 1.47. The van der Waals surface area contributed by atoms with Crippen molar-refractivity contribution in [3.63, 3.8) is 0 Å². The van der Waals surface area contributed by atoms with Crippen LogP contribution in [0.15, 0.2) is 40.9 Å². The highest BCUT2D eigenvalue weighted by molar-refractivity contribution is 5.92. The van der Waals surface area contributed by atoms with E-state index in [9.17, 15) is 4.79 Å². The monoisotopic (exact) mass is 397 g/mol. The van der Waals surface area contributed by atoms with Gasteiger partial charge < -0.3 is 19.1 Å². The molecule has 0 N–H and O–H groups in total. The third-order valence-electron chi connectivity index (χ3n) is 6.47. The Morgan fingerprint density at radius 3 is 2.83 bits per heavy atom. The van der Waals surface area contributed by atoms with E-state index in [1.165, 1.54) is 5.56 Å². The van der Waals surface area contributed by atoms with E-state index in [2.05, 4.69) is 40.4 Å². The van der Waals surface area contributed by atoms with Crippen LogP contribution in [0.4, 0.5) is 0 Å². The number of hydrogen-bond acceptors (Lipinski definition) is 5. The maximum Gasteiger partial charge on any atom is 0.276 e. The number of ether oxygens (including phenoxy) is 1. The number of benzene rings is 1. The van der Waals surface area contributed by atoms with Crippen LogP contribution < -0.4 is 0 Å². The molecule has 1 amide bonds. The lowest BCUT2D eigenvalue weighted by Gasteiger charge is -2.29. The van der Waals surface area contributed by atoms with Crippen LogP contribution in [0.3, 0.4) is 0 Å². The SMILES string of the molecule is CCOCCN1CC2CN(C(=O)c3cc(C)on3)CC2(CCc2ccccc2)C1. The molecule has 0 radical (unpaired) electrons. The van der Waals surface area contributed by atoms with Gasteiger partial charge in [-0.25, -0.2) is 0 Å². The molecule has 2 unspecified atom stereocenters. The van der Waals surface area contributed by atoms with Crippen molar-refractivity contribution >= 4 is 5.91 Å². The van der Waals surface area contributed by atoms with Gasteiger partial charge in [-0.05, 0) is 38.2 Å². The molecule has 0 saturated carbocycles. The zero-order chi connectivity index (χ0) is 20.3. The summed E-state index contributed by atoms with van der Waals surface area (Å²) in [4.78, 5) is 17.5. The quantitative estimate of drug-likeness (QED) is 0.641. The number of rotatable bonds is 8. The molecule has 2 atom stereocenters. The highest BCUT2D eigenvalue weighted by atomic mass is 16.5. The fourth-order valence-electron chi connectivity index (χ4n) is 4.98. The van der Waals surface area contributed by atoms with Crippen LogP contribution >= 0.6 is 0 Å². The van der Waals surface area contributed by atoms with Crippen molar-refractivity contribution in [2.45, 2.75) is 26.7 Å². The van der Waals surface area contributed by atoms with Gasteiger partial charge in [-0.3, -0.25) is 4.79 Å².